The van der Waals surface area contributed by atoms with E-state index in [0.29, 0.717) is 0 Å². The summed E-state index contributed by atoms with van der Waals surface area (Å²) in [5, 5.41) is 0. The molecule has 3 aromatic rings. The number of hydrogen-bond donors (Lipinski definition) is 1. The van der Waals surface area contributed by atoms with Crippen LogP contribution in [0.3, 0.4) is 0 Å². The van der Waals surface area contributed by atoms with Crippen LogP contribution in [-0.2, 0) is 0 Å². The zero-order valence-electron chi connectivity index (χ0n) is 16.8. The number of hydrogen-bond acceptors (Lipinski definition) is 2. The van der Waals surface area contributed by atoms with E-state index in [1.54, 1.807) is 0 Å². The highest BCUT2D eigenvalue weighted by atomic mass is 15.1. The fourth-order valence-electron chi connectivity index (χ4n) is 3.81. The van der Waals surface area contributed by atoms with Crippen LogP contribution in [0.25, 0.3) is 22.4 Å². The van der Waals surface area contributed by atoms with Crippen molar-refractivity contribution < 1.29 is 0 Å². The van der Waals surface area contributed by atoms with Crippen LogP contribution in [0.15, 0.2) is 97.6 Å². The quantitative estimate of drug-likeness (QED) is 0.496. The van der Waals surface area contributed by atoms with Crippen molar-refractivity contribution in [1.82, 2.24) is 0 Å². The highest BCUT2D eigenvalue weighted by molar-refractivity contribution is 5.92. The van der Waals surface area contributed by atoms with Gasteiger partial charge in [0.1, 0.15) is 0 Å². The summed E-state index contributed by atoms with van der Waals surface area (Å²) >= 11 is 0. The molecule has 0 amide bonds. The molecular formula is C27H26N2. The number of rotatable bonds is 5. The Balaban J connectivity index is 1.83. The molecule has 0 saturated carbocycles. The molecule has 0 unspecified atom stereocenters. The molecule has 3 aromatic carbocycles. The van der Waals surface area contributed by atoms with E-state index in [9.17, 15) is 0 Å². The lowest BCUT2D eigenvalue weighted by atomic mass is 9.89. The molecule has 144 valence electrons. The number of anilines is 2. The number of allylic oxidation sites excluding steroid dienone is 4. The summed E-state index contributed by atoms with van der Waals surface area (Å²) < 4.78 is 0. The largest absolute Gasteiger partial charge is 0.397 e. The molecule has 0 heterocycles. The fraction of sp³-hybridized carbons (Fsp3) is 0.111. The van der Waals surface area contributed by atoms with Crippen LogP contribution in [-0.4, -0.2) is 7.05 Å². The molecule has 0 spiro atoms. The first-order chi connectivity index (χ1) is 14.1. The van der Waals surface area contributed by atoms with Crippen molar-refractivity contribution in [3.05, 3.63) is 109 Å². The Labute approximate surface area is 173 Å². The molecule has 0 atom stereocenters. The van der Waals surface area contributed by atoms with Gasteiger partial charge in [-0.05, 0) is 52.8 Å². The lowest BCUT2D eigenvalue weighted by Gasteiger charge is -2.26. The molecule has 4 rings (SSSR count). The standard InChI is InChI=1S/C27H26N2/c1-20(21-12-6-3-7-13-21)29(2)27-19-25(23-16-10-5-11-17-23)24(18-26(27)28)22-14-8-4-9-15-22/h3-10,12-16,18-19H,1,11,17,28H2,2H3. The molecule has 1 aliphatic rings. The highest BCUT2D eigenvalue weighted by Gasteiger charge is 2.17. The zero-order chi connectivity index (χ0) is 20.2. The van der Waals surface area contributed by atoms with Crippen molar-refractivity contribution >= 4 is 22.6 Å². The van der Waals surface area contributed by atoms with E-state index in [0.717, 1.165) is 35.5 Å². The van der Waals surface area contributed by atoms with Gasteiger partial charge in [0.05, 0.1) is 11.4 Å². The van der Waals surface area contributed by atoms with Crippen molar-refractivity contribution in [1.29, 1.82) is 0 Å². The van der Waals surface area contributed by atoms with E-state index < -0.39 is 0 Å². The molecule has 0 radical (unpaired) electrons. The van der Waals surface area contributed by atoms with Crippen molar-refractivity contribution in [3.63, 3.8) is 0 Å². The third kappa shape index (κ3) is 3.88. The van der Waals surface area contributed by atoms with Crippen LogP contribution < -0.4 is 10.6 Å². The molecule has 0 bridgehead atoms. The Hall–Kier alpha value is -3.52. The third-order valence-corrected chi connectivity index (χ3v) is 5.48. The van der Waals surface area contributed by atoms with Gasteiger partial charge in [-0.25, -0.2) is 0 Å². The Morgan fingerprint density at radius 1 is 0.931 bits per heavy atom. The van der Waals surface area contributed by atoms with Crippen LogP contribution in [0.2, 0.25) is 0 Å². The second kappa shape index (κ2) is 8.24. The van der Waals surface area contributed by atoms with Gasteiger partial charge >= 0.3 is 0 Å². The van der Waals surface area contributed by atoms with Gasteiger partial charge in [0.15, 0.2) is 0 Å². The Bertz CT molecular complexity index is 1080. The summed E-state index contributed by atoms with van der Waals surface area (Å²) in [5.41, 5.74) is 15.2. The van der Waals surface area contributed by atoms with Gasteiger partial charge in [0.2, 0.25) is 0 Å². The topological polar surface area (TPSA) is 29.3 Å². The van der Waals surface area contributed by atoms with Gasteiger partial charge in [-0.2, -0.15) is 0 Å². The van der Waals surface area contributed by atoms with E-state index in [4.69, 9.17) is 5.73 Å². The van der Waals surface area contributed by atoms with E-state index >= 15 is 0 Å². The summed E-state index contributed by atoms with van der Waals surface area (Å²) in [4.78, 5) is 2.09. The minimum absolute atomic E-state index is 0.749. The first kappa shape index (κ1) is 18.8. The highest BCUT2D eigenvalue weighted by Crippen LogP contribution is 2.40. The van der Waals surface area contributed by atoms with Gasteiger partial charge in [0.25, 0.3) is 0 Å². The maximum atomic E-state index is 6.56. The molecule has 0 fully saturated rings. The second-order valence-electron chi connectivity index (χ2n) is 7.35. The lowest BCUT2D eigenvalue weighted by molar-refractivity contribution is 1.05. The Kier molecular flexibility index (Phi) is 5.35. The lowest BCUT2D eigenvalue weighted by Crippen LogP contribution is -2.16. The maximum Gasteiger partial charge on any atom is 0.0648 e. The first-order valence-electron chi connectivity index (χ1n) is 9.98. The smallest absolute Gasteiger partial charge is 0.0648 e. The van der Waals surface area contributed by atoms with Gasteiger partial charge in [-0.3, -0.25) is 0 Å². The molecule has 0 aromatic heterocycles. The van der Waals surface area contributed by atoms with Crippen molar-refractivity contribution in [2.75, 3.05) is 17.7 Å². The van der Waals surface area contributed by atoms with Crippen LogP contribution in [0.4, 0.5) is 11.4 Å². The molecule has 2 nitrogen and oxygen atoms in total. The monoisotopic (exact) mass is 378 g/mol. The molecule has 2 N–H and O–H groups in total. The summed E-state index contributed by atoms with van der Waals surface area (Å²) in [6, 6.07) is 25.0. The van der Waals surface area contributed by atoms with Crippen molar-refractivity contribution in [2.24, 2.45) is 0 Å². The van der Waals surface area contributed by atoms with Gasteiger partial charge in [-0.1, -0.05) is 85.5 Å². The number of nitrogen functional groups attached to an aromatic ring is 1. The summed E-state index contributed by atoms with van der Waals surface area (Å²) in [5.74, 6) is 0. The Morgan fingerprint density at radius 3 is 2.28 bits per heavy atom. The summed E-state index contributed by atoms with van der Waals surface area (Å²) in [6.45, 7) is 4.31. The zero-order valence-corrected chi connectivity index (χ0v) is 16.8. The van der Waals surface area contributed by atoms with Crippen LogP contribution in [0.5, 0.6) is 0 Å². The molecule has 1 aliphatic carbocycles. The predicted octanol–water partition coefficient (Wildman–Crippen LogP) is 6.78. The normalized spacial score (nSPS) is 13.1. The van der Waals surface area contributed by atoms with Crippen LogP contribution in [0, 0.1) is 0 Å². The Morgan fingerprint density at radius 2 is 1.62 bits per heavy atom. The number of benzene rings is 3. The summed E-state index contributed by atoms with van der Waals surface area (Å²) in [6.07, 6.45) is 8.68. The van der Waals surface area contributed by atoms with E-state index in [1.165, 1.54) is 22.3 Å². The number of nitrogens with zero attached hydrogens (tertiary/aromatic N) is 1. The van der Waals surface area contributed by atoms with Gasteiger partial charge in [0, 0.05) is 12.7 Å². The number of nitrogens with two attached hydrogens (primary N) is 1. The van der Waals surface area contributed by atoms with Crippen LogP contribution in [0.1, 0.15) is 24.0 Å². The molecule has 2 heteroatoms. The molecule has 0 aliphatic heterocycles. The fourth-order valence-corrected chi connectivity index (χ4v) is 3.81. The third-order valence-electron chi connectivity index (χ3n) is 5.48. The minimum Gasteiger partial charge on any atom is -0.397 e. The average molecular weight is 379 g/mol. The summed E-state index contributed by atoms with van der Waals surface area (Å²) in [7, 11) is 2.03. The van der Waals surface area contributed by atoms with Crippen LogP contribution >= 0.6 is 0 Å². The van der Waals surface area contributed by atoms with Crippen molar-refractivity contribution in [3.8, 4) is 11.1 Å². The first-order valence-corrected chi connectivity index (χ1v) is 9.98. The van der Waals surface area contributed by atoms with E-state index in [1.807, 2.05) is 31.3 Å². The minimum atomic E-state index is 0.749. The molecule has 29 heavy (non-hydrogen) atoms. The van der Waals surface area contributed by atoms with Crippen molar-refractivity contribution in [2.45, 2.75) is 12.8 Å². The van der Waals surface area contributed by atoms with Gasteiger partial charge in [-0.15, -0.1) is 0 Å². The predicted molar refractivity (Wildman–Crippen MR) is 127 cm³/mol. The van der Waals surface area contributed by atoms with Gasteiger partial charge < -0.3 is 10.6 Å². The average Bonchev–Trinajstić information content (AvgIpc) is 2.79. The SMILES string of the molecule is C=C(c1ccccc1)N(C)c1cc(C2=CC=CCC2)c(-c2ccccc2)cc1N. The molecule has 0 saturated heterocycles. The van der Waals surface area contributed by atoms with E-state index in [-0.39, 0.29) is 0 Å². The second-order valence-corrected chi connectivity index (χ2v) is 7.35. The maximum absolute atomic E-state index is 6.56. The molecular weight excluding hydrogens is 352 g/mol. The van der Waals surface area contributed by atoms with E-state index in [2.05, 4.69) is 78.2 Å².